The molecule has 11 nitrogen and oxygen atoms in total. The predicted octanol–water partition coefficient (Wildman–Crippen LogP) is 5.81. The van der Waals surface area contributed by atoms with Crippen LogP contribution in [0.2, 0.25) is 10.0 Å². The van der Waals surface area contributed by atoms with Gasteiger partial charge in [-0.3, -0.25) is 9.36 Å². The fourth-order valence-corrected chi connectivity index (χ4v) is 8.19. The highest BCUT2D eigenvalue weighted by molar-refractivity contribution is 7.89. The van der Waals surface area contributed by atoms with Gasteiger partial charge in [0.1, 0.15) is 11.3 Å². The lowest BCUT2D eigenvalue weighted by molar-refractivity contribution is -0.122. The first kappa shape index (κ1) is 31.5. The third kappa shape index (κ3) is 6.57. The second kappa shape index (κ2) is 12.7. The van der Waals surface area contributed by atoms with Crippen LogP contribution in [0.1, 0.15) is 50.1 Å². The molecule has 3 heterocycles. The highest BCUT2D eigenvalue weighted by Crippen LogP contribution is 2.39. The van der Waals surface area contributed by atoms with Gasteiger partial charge in [0, 0.05) is 31.1 Å². The van der Waals surface area contributed by atoms with E-state index < -0.39 is 15.8 Å². The average Bonchev–Trinajstić information content (AvgIpc) is 3.36. The smallest absolute Gasteiger partial charge is 0.243 e. The largest absolute Gasteiger partial charge is 0.369 e. The molecule has 2 aliphatic rings. The van der Waals surface area contributed by atoms with Crippen LogP contribution in [0.3, 0.4) is 0 Å². The molecule has 4 aromatic rings. The van der Waals surface area contributed by atoms with E-state index in [4.69, 9.17) is 38.9 Å². The van der Waals surface area contributed by atoms with Crippen LogP contribution in [0.5, 0.6) is 0 Å². The number of rotatable bonds is 8. The van der Waals surface area contributed by atoms with Crippen molar-refractivity contribution in [2.75, 3.05) is 23.7 Å². The fourth-order valence-electron chi connectivity index (χ4n) is 6.11. The average molecular weight is 676 g/mol. The zero-order valence-electron chi connectivity index (χ0n) is 24.5. The molecule has 0 unspecified atom stereocenters. The van der Waals surface area contributed by atoms with E-state index in [9.17, 15) is 17.6 Å². The summed E-state index contributed by atoms with van der Waals surface area (Å²) in [6.45, 7) is 2.61. The van der Waals surface area contributed by atoms with Crippen LogP contribution in [0.4, 0.5) is 22.0 Å². The Morgan fingerprint density at radius 3 is 2.40 bits per heavy atom. The molecule has 0 radical (unpaired) electrons. The molecule has 1 atom stereocenters. The molecule has 0 spiro atoms. The van der Waals surface area contributed by atoms with Crippen molar-refractivity contribution in [2.45, 2.75) is 62.4 Å². The van der Waals surface area contributed by atoms with E-state index in [1.807, 2.05) is 11.5 Å². The van der Waals surface area contributed by atoms with E-state index >= 15 is 0 Å². The first-order chi connectivity index (χ1) is 21.5. The number of hydrogen-bond donors (Lipinski definition) is 3. The number of hydrogen-bond acceptors (Lipinski definition) is 8. The first-order valence-corrected chi connectivity index (χ1v) is 17.0. The van der Waals surface area contributed by atoms with Gasteiger partial charge in [-0.05, 0) is 69.7 Å². The molecular formula is C30H33Cl2FN8O3S. The van der Waals surface area contributed by atoms with E-state index in [1.54, 1.807) is 30.5 Å². The first-order valence-electron chi connectivity index (χ1n) is 14.8. The number of fused-ring (bicyclic) bond motifs is 1. The second-order valence-corrected chi connectivity index (χ2v) is 14.4. The molecule has 1 aliphatic heterocycles. The van der Waals surface area contributed by atoms with E-state index in [1.165, 1.54) is 4.31 Å². The van der Waals surface area contributed by atoms with Crippen molar-refractivity contribution in [3.8, 4) is 0 Å². The van der Waals surface area contributed by atoms with E-state index in [-0.39, 0.29) is 45.4 Å². The zero-order chi connectivity index (χ0) is 31.9. The molecule has 238 valence electrons. The van der Waals surface area contributed by atoms with Crippen LogP contribution in [0.15, 0.2) is 47.5 Å². The maximum atomic E-state index is 13.9. The molecule has 1 amide bonds. The Labute approximate surface area is 270 Å². The Kier molecular flexibility index (Phi) is 8.88. The van der Waals surface area contributed by atoms with Crippen LogP contribution in [0.25, 0.3) is 11.2 Å². The zero-order valence-corrected chi connectivity index (χ0v) is 26.8. The fraction of sp³-hybridized carbons (Fsp3) is 0.400. The molecule has 2 fully saturated rings. The number of imidazole rings is 1. The van der Waals surface area contributed by atoms with Gasteiger partial charge in [0.05, 0.1) is 26.8 Å². The summed E-state index contributed by atoms with van der Waals surface area (Å²) in [7, 11) is -3.65. The number of anilines is 3. The summed E-state index contributed by atoms with van der Waals surface area (Å²) in [6.07, 6.45) is 5.55. The van der Waals surface area contributed by atoms with Crippen LogP contribution < -0.4 is 16.4 Å². The summed E-state index contributed by atoms with van der Waals surface area (Å²) in [5.74, 6) is -0.359. The third-order valence-corrected chi connectivity index (χ3v) is 11.0. The standard InChI is InChI=1S/C30H33Cl2FN8O3S/c1-17-4-10-22(11-5-17)45(43,44)40-12-2-3-20(16-40)36-29-35-15-25-28(39-29)41(21-8-6-18(7-9-21)27(34)42)30(37-25)38-26-23(31)13-19(33)14-24(26)32/h4-5,10-11,13-15,18,20-21H,2-3,6-9,12,16H2,1H3,(H2,34,42)(H,37,38)(H,35,36,39)/t18?,20-,21?/m1/s1. The number of carbonyl (C=O) groups is 1. The Hall–Kier alpha value is -3.52. The van der Waals surface area contributed by atoms with Crippen molar-refractivity contribution in [3.05, 3.63) is 64.0 Å². The normalized spacial score (nSPS) is 21.1. The van der Waals surface area contributed by atoms with Crippen molar-refractivity contribution in [1.82, 2.24) is 23.8 Å². The number of nitrogens with one attached hydrogen (secondary N) is 2. The van der Waals surface area contributed by atoms with Crippen molar-refractivity contribution in [3.63, 3.8) is 0 Å². The van der Waals surface area contributed by atoms with Gasteiger partial charge in [0.25, 0.3) is 0 Å². The van der Waals surface area contributed by atoms with Gasteiger partial charge in [-0.15, -0.1) is 0 Å². The van der Waals surface area contributed by atoms with Gasteiger partial charge in [-0.25, -0.2) is 22.8 Å². The predicted molar refractivity (Wildman–Crippen MR) is 172 cm³/mol. The number of benzene rings is 2. The van der Waals surface area contributed by atoms with Gasteiger partial charge >= 0.3 is 0 Å². The van der Waals surface area contributed by atoms with Crippen LogP contribution in [-0.4, -0.2) is 57.3 Å². The lowest BCUT2D eigenvalue weighted by Gasteiger charge is -2.32. The number of primary amides is 1. The SMILES string of the molecule is Cc1ccc(S(=O)(=O)N2CCC[C@@H](Nc3ncc4nc(Nc5c(Cl)cc(F)cc5Cl)n(C5CCC(C(N)=O)CC5)c4n3)C2)cc1. The highest BCUT2D eigenvalue weighted by Gasteiger charge is 2.32. The van der Waals surface area contributed by atoms with E-state index in [0.29, 0.717) is 67.4 Å². The molecule has 15 heteroatoms. The molecule has 1 saturated carbocycles. The number of amides is 1. The highest BCUT2D eigenvalue weighted by atomic mass is 35.5. The van der Waals surface area contributed by atoms with E-state index in [0.717, 1.165) is 24.1 Å². The molecule has 2 aromatic carbocycles. The number of halogens is 3. The Balaban J connectivity index is 1.30. The summed E-state index contributed by atoms with van der Waals surface area (Å²) in [5, 5.41) is 6.68. The van der Waals surface area contributed by atoms with Gasteiger partial charge in [0.2, 0.25) is 27.8 Å². The van der Waals surface area contributed by atoms with Crippen LogP contribution in [-0.2, 0) is 14.8 Å². The molecule has 45 heavy (non-hydrogen) atoms. The molecular weight excluding hydrogens is 642 g/mol. The quantitative estimate of drug-likeness (QED) is 0.212. The minimum atomic E-state index is -3.65. The third-order valence-electron chi connectivity index (χ3n) is 8.52. The Morgan fingerprint density at radius 2 is 1.73 bits per heavy atom. The van der Waals surface area contributed by atoms with Gasteiger partial charge < -0.3 is 16.4 Å². The van der Waals surface area contributed by atoms with E-state index in [2.05, 4.69) is 15.6 Å². The number of nitrogens with zero attached hydrogens (tertiary/aromatic N) is 5. The van der Waals surface area contributed by atoms with Crippen LogP contribution >= 0.6 is 23.2 Å². The number of carbonyl (C=O) groups excluding carboxylic acids is 1. The Morgan fingerprint density at radius 1 is 1.04 bits per heavy atom. The maximum absolute atomic E-state index is 13.9. The number of aromatic nitrogens is 4. The van der Waals surface area contributed by atoms with Gasteiger partial charge in [0.15, 0.2) is 5.65 Å². The van der Waals surface area contributed by atoms with Gasteiger partial charge in [-0.2, -0.15) is 9.29 Å². The molecule has 2 aromatic heterocycles. The number of piperidine rings is 1. The summed E-state index contributed by atoms with van der Waals surface area (Å²) in [4.78, 5) is 26.1. The lowest BCUT2D eigenvalue weighted by atomic mass is 9.85. The summed E-state index contributed by atoms with van der Waals surface area (Å²) < 4.78 is 44.0. The number of aryl methyl sites for hydroxylation is 1. The number of sulfonamides is 1. The van der Waals surface area contributed by atoms with Crippen molar-refractivity contribution in [2.24, 2.45) is 11.7 Å². The van der Waals surface area contributed by atoms with Crippen molar-refractivity contribution in [1.29, 1.82) is 0 Å². The minimum absolute atomic E-state index is 0.0846. The Bertz CT molecular complexity index is 1820. The minimum Gasteiger partial charge on any atom is -0.369 e. The summed E-state index contributed by atoms with van der Waals surface area (Å²) in [6, 6.07) is 8.88. The molecule has 1 aliphatic carbocycles. The summed E-state index contributed by atoms with van der Waals surface area (Å²) >= 11 is 12.7. The van der Waals surface area contributed by atoms with Crippen molar-refractivity contribution >= 4 is 67.9 Å². The molecule has 1 saturated heterocycles. The monoisotopic (exact) mass is 674 g/mol. The molecule has 0 bridgehead atoms. The maximum Gasteiger partial charge on any atom is 0.243 e. The molecule has 6 rings (SSSR count). The second-order valence-electron chi connectivity index (χ2n) is 11.6. The van der Waals surface area contributed by atoms with Crippen LogP contribution in [0, 0.1) is 18.7 Å². The van der Waals surface area contributed by atoms with Gasteiger partial charge in [-0.1, -0.05) is 40.9 Å². The lowest BCUT2D eigenvalue weighted by Crippen LogP contribution is -2.45. The topological polar surface area (TPSA) is 148 Å². The molecule has 4 N–H and O–H groups in total. The van der Waals surface area contributed by atoms with Crippen molar-refractivity contribution < 1.29 is 17.6 Å². The number of nitrogens with two attached hydrogens (primary N) is 1. The summed E-state index contributed by atoms with van der Waals surface area (Å²) in [5.41, 5.74) is 7.90.